The molecule has 0 aliphatic rings. The molecule has 44 heavy (non-hydrogen) atoms. The van der Waals surface area contributed by atoms with Crippen LogP contribution in [0.2, 0.25) is 10.0 Å². The second-order valence-electron chi connectivity index (χ2n) is 9.45. The number of non-ortho nitro benzene ring substituents is 1. The van der Waals surface area contributed by atoms with Crippen molar-refractivity contribution in [1.29, 1.82) is 0 Å². The quantitative estimate of drug-likeness (QED) is 0.144. The molecule has 1 N–H and O–H groups in total. The van der Waals surface area contributed by atoms with Gasteiger partial charge >= 0.3 is 6.18 Å². The van der Waals surface area contributed by atoms with E-state index in [4.69, 9.17) is 27.9 Å². The van der Waals surface area contributed by atoms with E-state index in [2.05, 4.69) is 15.4 Å². The number of hydrogen-bond donors (Lipinski definition) is 1. The second-order valence-corrected chi connectivity index (χ2v) is 10.3. The van der Waals surface area contributed by atoms with Gasteiger partial charge in [0, 0.05) is 22.7 Å². The van der Waals surface area contributed by atoms with Crippen molar-refractivity contribution in [1.82, 2.24) is 14.6 Å². The smallest absolute Gasteiger partial charge is 0.433 e. The molecule has 14 heteroatoms. The van der Waals surface area contributed by atoms with Gasteiger partial charge in [-0.15, -0.1) is 0 Å². The minimum Gasteiger partial charge on any atom is -0.455 e. The van der Waals surface area contributed by atoms with E-state index in [-0.39, 0.29) is 39.1 Å². The molecule has 9 nitrogen and oxygen atoms in total. The van der Waals surface area contributed by atoms with Crippen molar-refractivity contribution in [3.8, 4) is 22.8 Å². The Morgan fingerprint density at radius 3 is 2.50 bits per heavy atom. The number of nitrogens with zero attached hydrogens (tertiary/aromatic N) is 4. The number of benzene rings is 4. The number of carbonyl (C=O) groups excluding carboxylic acids is 1. The number of nitro groups is 1. The molecule has 2 heterocycles. The summed E-state index contributed by atoms with van der Waals surface area (Å²) in [5.41, 5.74) is -1.92. The fourth-order valence-corrected chi connectivity index (χ4v) is 5.06. The molecule has 6 rings (SSSR count). The Balaban J connectivity index is 1.42. The summed E-state index contributed by atoms with van der Waals surface area (Å²) < 4.78 is 48.8. The summed E-state index contributed by atoms with van der Waals surface area (Å²) in [7, 11) is 0. The number of amides is 1. The van der Waals surface area contributed by atoms with Crippen molar-refractivity contribution in [3.05, 3.63) is 123 Å². The molecule has 0 fully saturated rings. The van der Waals surface area contributed by atoms with Gasteiger partial charge in [0.25, 0.3) is 11.6 Å². The van der Waals surface area contributed by atoms with Crippen LogP contribution in [0.3, 0.4) is 0 Å². The van der Waals surface area contributed by atoms with Gasteiger partial charge in [-0.1, -0.05) is 65.7 Å². The average Bonchev–Trinajstić information content (AvgIpc) is 3.41. The topological polar surface area (TPSA) is 112 Å². The van der Waals surface area contributed by atoms with Crippen molar-refractivity contribution >= 4 is 56.9 Å². The first-order valence-corrected chi connectivity index (χ1v) is 13.4. The monoisotopic (exact) mass is 637 g/mol. The summed E-state index contributed by atoms with van der Waals surface area (Å²) in [5, 5.41) is 19.8. The number of ether oxygens (including phenoxy) is 1. The molecular weight excluding hydrogens is 622 g/mol. The fourth-order valence-electron chi connectivity index (χ4n) is 4.61. The minimum atomic E-state index is -4.84. The van der Waals surface area contributed by atoms with Crippen molar-refractivity contribution in [3.63, 3.8) is 0 Å². The highest BCUT2D eigenvalue weighted by atomic mass is 35.5. The molecule has 6 aromatic rings. The summed E-state index contributed by atoms with van der Waals surface area (Å²) in [6, 6.07) is 21.0. The summed E-state index contributed by atoms with van der Waals surface area (Å²) in [4.78, 5) is 28.8. The van der Waals surface area contributed by atoms with Crippen LogP contribution in [0.1, 0.15) is 16.1 Å². The normalized spacial score (nSPS) is 11.6. The van der Waals surface area contributed by atoms with Gasteiger partial charge in [0.2, 0.25) is 0 Å². The van der Waals surface area contributed by atoms with Gasteiger partial charge < -0.3 is 10.1 Å². The van der Waals surface area contributed by atoms with Gasteiger partial charge in [-0.25, -0.2) is 9.50 Å². The number of anilines is 1. The Kier molecular flexibility index (Phi) is 7.31. The number of aromatic nitrogens is 3. The Morgan fingerprint density at radius 1 is 0.977 bits per heavy atom. The van der Waals surface area contributed by atoms with Gasteiger partial charge in [-0.2, -0.15) is 18.3 Å². The molecule has 0 aliphatic heterocycles. The zero-order valence-corrected chi connectivity index (χ0v) is 23.5. The molecule has 0 bridgehead atoms. The second kappa shape index (κ2) is 11.1. The minimum absolute atomic E-state index is 0.0259. The lowest BCUT2D eigenvalue weighted by atomic mass is 10.0. The number of rotatable bonds is 6. The molecular formula is C30H16Cl2F3N5O4. The zero-order valence-electron chi connectivity index (χ0n) is 22.0. The van der Waals surface area contributed by atoms with E-state index in [0.717, 1.165) is 29.8 Å². The van der Waals surface area contributed by atoms with E-state index in [9.17, 15) is 28.1 Å². The lowest BCUT2D eigenvalue weighted by Crippen LogP contribution is -2.16. The predicted molar refractivity (Wildman–Crippen MR) is 159 cm³/mol. The summed E-state index contributed by atoms with van der Waals surface area (Å²) in [6.07, 6.45) is -3.89. The summed E-state index contributed by atoms with van der Waals surface area (Å²) >= 11 is 12.1. The SMILES string of the molecule is O=C(Nc1cc(Oc2ccc(Cl)cc2Cl)cc([N+](=O)[O-])c1)c1cnn2c(C(F)(F)F)cc(-c3cccc4ccccc34)nc12. The first kappa shape index (κ1) is 28.9. The number of alkyl halides is 3. The van der Waals surface area contributed by atoms with Crippen molar-refractivity contribution < 1.29 is 27.6 Å². The van der Waals surface area contributed by atoms with Crippen molar-refractivity contribution in [2.75, 3.05) is 5.32 Å². The maximum atomic E-state index is 14.2. The van der Waals surface area contributed by atoms with Crippen LogP contribution in [0, 0.1) is 10.1 Å². The zero-order chi connectivity index (χ0) is 31.2. The average molecular weight is 638 g/mol. The van der Waals surface area contributed by atoms with Crippen molar-refractivity contribution in [2.45, 2.75) is 6.18 Å². The van der Waals surface area contributed by atoms with E-state index >= 15 is 0 Å². The van der Waals surface area contributed by atoms with E-state index < -0.39 is 28.4 Å². The largest absolute Gasteiger partial charge is 0.455 e. The van der Waals surface area contributed by atoms with Crippen LogP contribution in [0.4, 0.5) is 24.5 Å². The summed E-state index contributed by atoms with van der Waals surface area (Å²) in [6.45, 7) is 0. The van der Waals surface area contributed by atoms with Crippen molar-refractivity contribution in [2.24, 2.45) is 0 Å². The molecule has 2 aromatic heterocycles. The van der Waals surface area contributed by atoms with E-state index in [1.54, 1.807) is 30.3 Å². The number of fused-ring (bicyclic) bond motifs is 2. The van der Waals surface area contributed by atoms with Gasteiger partial charge in [0.15, 0.2) is 11.3 Å². The van der Waals surface area contributed by atoms with Gasteiger partial charge in [0.1, 0.15) is 17.1 Å². The molecule has 1 amide bonds. The first-order valence-electron chi connectivity index (χ1n) is 12.7. The van der Waals surface area contributed by atoms with Crippen LogP contribution in [0.5, 0.6) is 11.5 Å². The van der Waals surface area contributed by atoms with E-state index in [1.807, 2.05) is 12.1 Å². The Hall–Kier alpha value is -5.20. The molecule has 0 radical (unpaired) electrons. The Bertz CT molecular complexity index is 2110. The highest BCUT2D eigenvalue weighted by Gasteiger charge is 2.36. The van der Waals surface area contributed by atoms with Crippen LogP contribution >= 0.6 is 23.2 Å². The number of carbonyl (C=O) groups is 1. The maximum absolute atomic E-state index is 14.2. The fraction of sp³-hybridized carbons (Fsp3) is 0.0333. The molecule has 0 unspecified atom stereocenters. The Labute approximate surface area is 255 Å². The van der Waals surface area contributed by atoms with E-state index in [0.29, 0.717) is 20.5 Å². The third-order valence-electron chi connectivity index (χ3n) is 6.55. The highest BCUT2D eigenvalue weighted by molar-refractivity contribution is 6.35. The predicted octanol–water partition coefficient (Wildman–Crippen LogP) is 8.83. The third kappa shape index (κ3) is 5.60. The third-order valence-corrected chi connectivity index (χ3v) is 7.08. The lowest BCUT2D eigenvalue weighted by molar-refractivity contribution is -0.384. The molecule has 220 valence electrons. The van der Waals surface area contributed by atoms with Crippen LogP contribution in [0.25, 0.3) is 27.7 Å². The lowest BCUT2D eigenvalue weighted by Gasteiger charge is -2.13. The molecule has 4 aromatic carbocycles. The van der Waals surface area contributed by atoms with Crippen LogP contribution in [0.15, 0.2) is 91.1 Å². The molecule has 0 saturated carbocycles. The van der Waals surface area contributed by atoms with Crippen LogP contribution in [-0.2, 0) is 6.18 Å². The standard InChI is InChI=1S/C30H16Cl2F3N5O4/c31-17-8-9-26(24(32)10-17)44-20-12-18(11-19(13-20)40(42)43)37-29(41)23-15-36-39-27(30(33,34)35)14-25(38-28(23)39)22-7-3-5-16-4-1-2-6-21(16)22/h1-15H,(H,37,41). The maximum Gasteiger partial charge on any atom is 0.433 e. The number of halogens is 5. The van der Waals surface area contributed by atoms with Gasteiger partial charge in [0.05, 0.1) is 33.6 Å². The van der Waals surface area contributed by atoms with Crippen LogP contribution in [-0.4, -0.2) is 25.4 Å². The molecule has 0 aliphatic carbocycles. The van der Waals surface area contributed by atoms with E-state index in [1.165, 1.54) is 24.3 Å². The Morgan fingerprint density at radius 2 is 1.75 bits per heavy atom. The molecule has 0 saturated heterocycles. The van der Waals surface area contributed by atoms with Gasteiger partial charge in [-0.3, -0.25) is 14.9 Å². The first-order chi connectivity index (χ1) is 21.0. The van der Waals surface area contributed by atoms with Crippen LogP contribution < -0.4 is 10.1 Å². The number of nitro benzene ring substituents is 1. The highest BCUT2D eigenvalue weighted by Crippen LogP contribution is 2.37. The molecule has 0 atom stereocenters. The number of nitrogens with one attached hydrogen (secondary N) is 1. The molecule has 0 spiro atoms. The number of hydrogen-bond acceptors (Lipinski definition) is 6. The van der Waals surface area contributed by atoms with Gasteiger partial charge in [-0.05, 0) is 35.0 Å². The summed E-state index contributed by atoms with van der Waals surface area (Å²) in [5.74, 6) is -0.817.